The van der Waals surface area contributed by atoms with Crippen LogP contribution in [0.15, 0.2) is 24.4 Å². The number of nitrogens with one attached hydrogen (secondary N) is 1. The molecule has 6 nitrogen and oxygen atoms in total. The van der Waals surface area contributed by atoms with E-state index in [9.17, 15) is 13.2 Å². The largest absolute Gasteiger partial charge is 0.275 e. The van der Waals surface area contributed by atoms with Crippen LogP contribution in [-0.2, 0) is 21.2 Å². The van der Waals surface area contributed by atoms with E-state index < -0.39 is 10.0 Å². The first kappa shape index (κ1) is 20.6. The Kier molecular flexibility index (Phi) is 8.35. The summed E-state index contributed by atoms with van der Waals surface area (Å²) >= 11 is 0. The fourth-order valence-corrected chi connectivity index (χ4v) is 3.52. The third kappa shape index (κ3) is 7.88. The maximum atomic E-state index is 12.6. The van der Waals surface area contributed by atoms with Gasteiger partial charge in [-0.05, 0) is 30.4 Å². The molecule has 1 heterocycles. The fraction of sp³-hybridized carbons (Fsp3) is 0.647. The van der Waals surface area contributed by atoms with Gasteiger partial charge in [-0.25, -0.2) is 8.42 Å². The standard InChI is InChI=1S/C17H29N3O3S/c1-14(2)8-9-17(21)19-20(13-15(3)4)24(22,23)12-10-16-7-5-6-11-18-16/h5-7,11,14-15H,8-10,12-13H2,1-4H3,(H,19,21). The Morgan fingerprint density at radius 1 is 1.21 bits per heavy atom. The smallest absolute Gasteiger partial charge is 0.235 e. The zero-order valence-corrected chi connectivity index (χ0v) is 15.8. The number of rotatable bonds is 10. The Hall–Kier alpha value is -1.47. The predicted molar refractivity (Wildman–Crippen MR) is 95.5 cm³/mol. The van der Waals surface area contributed by atoms with Crippen molar-refractivity contribution in [3.63, 3.8) is 0 Å². The third-order valence-electron chi connectivity index (χ3n) is 3.41. The first-order chi connectivity index (χ1) is 11.2. The van der Waals surface area contributed by atoms with Gasteiger partial charge in [-0.3, -0.25) is 15.2 Å². The number of amides is 1. The van der Waals surface area contributed by atoms with Crippen LogP contribution in [-0.4, -0.2) is 36.0 Å². The lowest BCUT2D eigenvalue weighted by Gasteiger charge is -2.24. The van der Waals surface area contributed by atoms with E-state index in [0.717, 1.165) is 16.5 Å². The molecule has 0 aliphatic heterocycles. The van der Waals surface area contributed by atoms with Crippen LogP contribution in [0, 0.1) is 11.8 Å². The van der Waals surface area contributed by atoms with E-state index in [1.54, 1.807) is 18.3 Å². The van der Waals surface area contributed by atoms with E-state index in [-0.39, 0.29) is 24.1 Å². The minimum absolute atomic E-state index is 0.0821. The van der Waals surface area contributed by atoms with Crippen molar-refractivity contribution < 1.29 is 13.2 Å². The monoisotopic (exact) mass is 355 g/mol. The highest BCUT2D eigenvalue weighted by Crippen LogP contribution is 2.08. The second kappa shape index (κ2) is 9.74. The molecular formula is C17H29N3O3S. The number of hydrazine groups is 1. The third-order valence-corrected chi connectivity index (χ3v) is 5.04. The first-order valence-electron chi connectivity index (χ1n) is 8.40. The summed E-state index contributed by atoms with van der Waals surface area (Å²) in [6, 6.07) is 5.41. The van der Waals surface area contributed by atoms with E-state index in [2.05, 4.69) is 10.4 Å². The number of aromatic nitrogens is 1. The van der Waals surface area contributed by atoms with E-state index in [0.29, 0.717) is 18.8 Å². The van der Waals surface area contributed by atoms with Crippen LogP contribution in [0.3, 0.4) is 0 Å². The quantitative estimate of drug-likeness (QED) is 0.654. The van der Waals surface area contributed by atoms with Crippen LogP contribution >= 0.6 is 0 Å². The van der Waals surface area contributed by atoms with E-state index in [1.807, 2.05) is 33.8 Å². The van der Waals surface area contributed by atoms with Gasteiger partial charge in [-0.1, -0.05) is 33.8 Å². The number of aryl methyl sites for hydroxylation is 1. The molecule has 24 heavy (non-hydrogen) atoms. The molecule has 1 aromatic rings. The molecule has 0 unspecified atom stereocenters. The van der Waals surface area contributed by atoms with Gasteiger partial charge in [0.25, 0.3) is 0 Å². The summed E-state index contributed by atoms with van der Waals surface area (Å²) in [5, 5.41) is 0. The molecule has 0 aliphatic rings. The highest BCUT2D eigenvalue weighted by molar-refractivity contribution is 7.89. The van der Waals surface area contributed by atoms with Gasteiger partial charge in [-0.2, -0.15) is 0 Å². The second-order valence-corrected chi connectivity index (χ2v) is 8.79. The summed E-state index contributed by atoms with van der Waals surface area (Å²) in [5.41, 5.74) is 3.29. The topological polar surface area (TPSA) is 79.4 Å². The summed E-state index contributed by atoms with van der Waals surface area (Å²) in [5.74, 6) is 0.169. The Morgan fingerprint density at radius 3 is 2.46 bits per heavy atom. The van der Waals surface area contributed by atoms with Crippen LogP contribution in [0.5, 0.6) is 0 Å². The molecule has 1 aromatic heterocycles. The van der Waals surface area contributed by atoms with Crippen molar-refractivity contribution in [3.05, 3.63) is 30.1 Å². The number of hydrogen-bond acceptors (Lipinski definition) is 4. The minimum atomic E-state index is -3.59. The predicted octanol–water partition coefficient (Wildman–Crippen LogP) is 2.38. The van der Waals surface area contributed by atoms with Crippen molar-refractivity contribution >= 4 is 15.9 Å². The van der Waals surface area contributed by atoms with Gasteiger partial charge in [0.1, 0.15) is 0 Å². The molecule has 0 fully saturated rings. The van der Waals surface area contributed by atoms with Crippen LogP contribution < -0.4 is 5.43 Å². The summed E-state index contributed by atoms with van der Waals surface area (Å²) in [4.78, 5) is 16.2. The van der Waals surface area contributed by atoms with Crippen molar-refractivity contribution in [2.75, 3.05) is 12.3 Å². The number of sulfonamides is 1. The molecule has 0 saturated carbocycles. The van der Waals surface area contributed by atoms with Gasteiger partial charge >= 0.3 is 0 Å². The summed E-state index contributed by atoms with van der Waals surface area (Å²) in [6.45, 7) is 8.16. The fourth-order valence-electron chi connectivity index (χ4n) is 2.06. The van der Waals surface area contributed by atoms with E-state index in [4.69, 9.17) is 0 Å². The molecule has 1 rings (SSSR count). The number of hydrogen-bond donors (Lipinski definition) is 1. The summed E-state index contributed by atoms with van der Waals surface area (Å²) < 4.78 is 26.3. The van der Waals surface area contributed by atoms with Crippen molar-refractivity contribution in [2.45, 2.75) is 47.0 Å². The Labute approximate surface area is 145 Å². The molecule has 0 spiro atoms. The van der Waals surface area contributed by atoms with Crippen molar-refractivity contribution in [1.29, 1.82) is 0 Å². The Bertz CT molecular complexity index is 601. The lowest BCUT2D eigenvalue weighted by Crippen LogP contribution is -2.48. The molecule has 1 N–H and O–H groups in total. The van der Waals surface area contributed by atoms with Crippen LogP contribution in [0.4, 0.5) is 0 Å². The van der Waals surface area contributed by atoms with Gasteiger partial charge in [0.2, 0.25) is 15.9 Å². The van der Waals surface area contributed by atoms with Crippen molar-refractivity contribution in [1.82, 2.24) is 14.8 Å². The molecule has 1 amide bonds. The highest BCUT2D eigenvalue weighted by atomic mass is 32.2. The van der Waals surface area contributed by atoms with E-state index >= 15 is 0 Å². The molecule has 0 radical (unpaired) electrons. The number of pyridine rings is 1. The molecule has 0 atom stereocenters. The van der Waals surface area contributed by atoms with E-state index in [1.165, 1.54) is 0 Å². The van der Waals surface area contributed by atoms with Gasteiger partial charge in [-0.15, -0.1) is 4.41 Å². The van der Waals surface area contributed by atoms with Crippen molar-refractivity contribution in [3.8, 4) is 0 Å². The van der Waals surface area contributed by atoms with Gasteiger partial charge in [0.15, 0.2) is 0 Å². The summed E-state index contributed by atoms with van der Waals surface area (Å²) in [7, 11) is -3.59. The number of carbonyl (C=O) groups excluding carboxylic acids is 1. The maximum absolute atomic E-state index is 12.6. The molecule has 0 aromatic carbocycles. The number of carbonyl (C=O) groups is 1. The van der Waals surface area contributed by atoms with Gasteiger partial charge in [0, 0.05) is 31.3 Å². The molecule has 7 heteroatoms. The van der Waals surface area contributed by atoms with Crippen LogP contribution in [0.2, 0.25) is 0 Å². The zero-order valence-electron chi connectivity index (χ0n) is 15.0. The summed E-state index contributed by atoms with van der Waals surface area (Å²) in [6.07, 6.45) is 3.01. The Balaban J connectivity index is 2.71. The molecule has 0 saturated heterocycles. The van der Waals surface area contributed by atoms with Crippen molar-refractivity contribution in [2.24, 2.45) is 11.8 Å². The number of nitrogens with zero attached hydrogens (tertiary/aromatic N) is 2. The van der Waals surface area contributed by atoms with Gasteiger partial charge < -0.3 is 0 Å². The van der Waals surface area contributed by atoms with Crippen LogP contribution in [0.25, 0.3) is 0 Å². The minimum Gasteiger partial charge on any atom is -0.275 e. The average Bonchev–Trinajstić information content (AvgIpc) is 2.51. The molecule has 0 aliphatic carbocycles. The normalized spacial score (nSPS) is 12.1. The molecule has 136 valence electrons. The van der Waals surface area contributed by atoms with Crippen LogP contribution in [0.1, 0.15) is 46.2 Å². The molecule has 0 bridgehead atoms. The Morgan fingerprint density at radius 2 is 1.92 bits per heavy atom. The lowest BCUT2D eigenvalue weighted by atomic mass is 10.1. The second-order valence-electron chi connectivity index (χ2n) is 6.78. The zero-order chi connectivity index (χ0) is 18.2. The molecular weight excluding hydrogens is 326 g/mol. The maximum Gasteiger partial charge on any atom is 0.235 e. The highest BCUT2D eigenvalue weighted by Gasteiger charge is 2.24. The van der Waals surface area contributed by atoms with Gasteiger partial charge in [0.05, 0.1) is 5.75 Å². The average molecular weight is 356 g/mol. The lowest BCUT2D eigenvalue weighted by molar-refractivity contribution is -0.124. The SMILES string of the molecule is CC(C)CCC(=O)NN(CC(C)C)S(=O)(=O)CCc1ccccn1. The first-order valence-corrected chi connectivity index (χ1v) is 10.0.